The van der Waals surface area contributed by atoms with Gasteiger partial charge in [-0.05, 0) is 48.9 Å². The maximum atomic E-state index is 12.5. The van der Waals surface area contributed by atoms with E-state index in [0.29, 0.717) is 16.3 Å². The second-order valence-electron chi connectivity index (χ2n) is 6.10. The zero-order valence-electron chi connectivity index (χ0n) is 14.1. The summed E-state index contributed by atoms with van der Waals surface area (Å²) in [7, 11) is 0. The van der Waals surface area contributed by atoms with Crippen LogP contribution in [0.5, 0.6) is 0 Å². The summed E-state index contributed by atoms with van der Waals surface area (Å²) in [6, 6.07) is 20.6. The monoisotopic (exact) mass is 361 g/mol. The quantitative estimate of drug-likeness (QED) is 0.510. The molecule has 0 aliphatic rings. The highest BCUT2D eigenvalue weighted by Crippen LogP contribution is 2.24. The zero-order chi connectivity index (χ0) is 18.1. The Kier molecular flexibility index (Phi) is 4.19. The third-order valence-electron chi connectivity index (χ3n) is 4.23. The summed E-state index contributed by atoms with van der Waals surface area (Å²) in [6.45, 7) is 2.05. The molecule has 4 rings (SSSR count). The Balaban J connectivity index is 1.65. The Morgan fingerprint density at radius 2 is 1.88 bits per heavy atom. The number of imidazole rings is 1. The summed E-state index contributed by atoms with van der Waals surface area (Å²) < 4.78 is 0. The molecule has 26 heavy (non-hydrogen) atoms. The predicted molar refractivity (Wildman–Crippen MR) is 106 cm³/mol. The van der Waals surface area contributed by atoms with Crippen molar-refractivity contribution in [2.45, 2.75) is 6.92 Å². The maximum Gasteiger partial charge on any atom is 0.255 e. The van der Waals surface area contributed by atoms with Gasteiger partial charge in [-0.1, -0.05) is 41.9 Å². The van der Waals surface area contributed by atoms with E-state index in [1.165, 1.54) is 0 Å². The van der Waals surface area contributed by atoms with Crippen LogP contribution in [0.2, 0.25) is 5.02 Å². The van der Waals surface area contributed by atoms with Crippen molar-refractivity contribution in [2.24, 2.45) is 0 Å². The Morgan fingerprint density at radius 3 is 2.69 bits per heavy atom. The van der Waals surface area contributed by atoms with Gasteiger partial charge in [0.25, 0.3) is 5.91 Å². The van der Waals surface area contributed by atoms with Crippen LogP contribution in [0.1, 0.15) is 15.9 Å². The van der Waals surface area contributed by atoms with Crippen molar-refractivity contribution in [3.8, 4) is 11.4 Å². The van der Waals surface area contributed by atoms with E-state index >= 15 is 0 Å². The molecule has 0 spiro atoms. The molecule has 0 unspecified atom stereocenters. The minimum absolute atomic E-state index is 0.193. The van der Waals surface area contributed by atoms with Gasteiger partial charge in [0.1, 0.15) is 5.82 Å². The number of fused-ring (bicyclic) bond motifs is 1. The number of aromatic nitrogens is 2. The first-order valence-corrected chi connectivity index (χ1v) is 8.61. The largest absolute Gasteiger partial charge is 0.338 e. The average Bonchev–Trinajstić information content (AvgIpc) is 3.05. The van der Waals surface area contributed by atoms with Gasteiger partial charge in [0.05, 0.1) is 11.0 Å². The molecular weight excluding hydrogens is 346 g/mol. The van der Waals surface area contributed by atoms with E-state index in [1.807, 2.05) is 43.3 Å². The number of benzene rings is 3. The molecule has 0 saturated carbocycles. The standard InChI is InChI=1S/C21H16ClN3O/c1-13-5-2-3-8-17(13)20-24-18-10-9-14(11-19(18)25-20)21(26)23-16-7-4-6-15(22)12-16/h2-12H,1H3,(H,23,26)(H,24,25). The number of carbonyl (C=O) groups excluding carboxylic acids is 1. The number of amides is 1. The molecule has 2 N–H and O–H groups in total. The van der Waals surface area contributed by atoms with Gasteiger partial charge in [0, 0.05) is 21.8 Å². The van der Waals surface area contributed by atoms with E-state index in [0.717, 1.165) is 28.0 Å². The van der Waals surface area contributed by atoms with Gasteiger partial charge in [-0.25, -0.2) is 4.98 Å². The molecule has 5 heteroatoms. The van der Waals surface area contributed by atoms with Crippen molar-refractivity contribution in [1.29, 1.82) is 0 Å². The minimum atomic E-state index is -0.193. The number of aryl methyl sites for hydroxylation is 1. The first-order chi connectivity index (χ1) is 12.6. The molecule has 1 heterocycles. The van der Waals surface area contributed by atoms with Gasteiger partial charge in [-0.2, -0.15) is 0 Å². The van der Waals surface area contributed by atoms with Crippen LogP contribution in [0, 0.1) is 6.92 Å². The van der Waals surface area contributed by atoms with Crippen LogP contribution in [-0.2, 0) is 0 Å². The van der Waals surface area contributed by atoms with Crippen molar-refractivity contribution in [2.75, 3.05) is 5.32 Å². The number of hydrogen-bond donors (Lipinski definition) is 2. The molecule has 128 valence electrons. The summed E-state index contributed by atoms with van der Waals surface area (Å²) in [5.74, 6) is 0.603. The number of nitrogens with one attached hydrogen (secondary N) is 2. The number of H-pyrrole nitrogens is 1. The Hall–Kier alpha value is -3.11. The highest BCUT2D eigenvalue weighted by molar-refractivity contribution is 6.31. The number of carbonyl (C=O) groups is 1. The average molecular weight is 362 g/mol. The van der Waals surface area contributed by atoms with E-state index in [2.05, 4.69) is 15.3 Å². The molecule has 4 nitrogen and oxygen atoms in total. The van der Waals surface area contributed by atoms with E-state index in [1.54, 1.807) is 30.3 Å². The lowest BCUT2D eigenvalue weighted by molar-refractivity contribution is 0.102. The van der Waals surface area contributed by atoms with Crippen LogP contribution in [0.3, 0.4) is 0 Å². The van der Waals surface area contributed by atoms with Crippen LogP contribution >= 0.6 is 11.6 Å². The van der Waals surface area contributed by atoms with Crippen molar-refractivity contribution >= 4 is 34.2 Å². The summed E-state index contributed by atoms with van der Waals surface area (Å²) in [5, 5.41) is 3.43. The van der Waals surface area contributed by atoms with Crippen molar-refractivity contribution < 1.29 is 4.79 Å². The molecule has 3 aromatic carbocycles. The van der Waals surface area contributed by atoms with E-state index in [4.69, 9.17) is 11.6 Å². The molecule has 0 bridgehead atoms. The molecular formula is C21H16ClN3O. The molecule has 0 fully saturated rings. The number of aromatic amines is 1. The van der Waals surface area contributed by atoms with Crippen molar-refractivity contribution in [1.82, 2.24) is 9.97 Å². The van der Waals surface area contributed by atoms with Crippen molar-refractivity contribution in [3.05, 3.63) is 82.9 Å². The van der Waals surface area contributed by atoms with E-state index in [-0.39, 0.29) is 5.91 Å². The number of anilines is 1. The lowest BCUT2D eigenvalue weighted by Gasteiger charge is -2.05. The molecule has 4 aromatic rings. The molecule has 1 aromatic heterocycles. The van der Waals surface area contributed by atoms with Crippen LogP contribution in [-0.4, -0.2) is 15.9 Å². The first-order valence-electron chi connectivity index (χ1n) is 8.23. The number of halogens is 1. The van der Waals surface area contributed by atoms with Crippen molar-refractivity contribution in [3.63, 3.8) is 0 Å². The van der Waals surface area contributed by atoms with Crippen LogP contribution < -0.4 is 5.32 Å². The van der Waals surface area contributed by atoms with E-state index < -0.39 is 0 Å². The fourth-order valence-corrected chi connectivity index (χ4v) is 3.08. The zero-order valence-corrected chi connectivity index (χ0v) is 14.8. The SMILES string of the molecule is Cc1ccccc1-c1nc2ccc(C(=O)Nc3cccc(Cl)c3)cc2[nH]1. The second-order valence-corrected chi connectivity index (χ2v) is 6.53. The summed E-state index contributed by atoms with van der Waals surface area (Å²) >= 11 is 5.96. The second kappa shape index (κ2) is 6.65. The third kappa shape index (κ3) is 3.19. The molecule has 0 radical (unpaired) electrons. The summed E-state index contributed by atoms with van der Waals surface area (Å²) in [4.78, 5) is 20.5. The highest BCUT2D eigenvalue weighted by atomic mass is 35.5. The van der Waals surface area contributed by atoms with Gasteiger partial charge in [-0.3, -0.25) is 4.79 Å². The normalized spacial score (nSPS) is 10.8. The van der Waals surface area contributed by atoms with Gasteiger partial charge in [0.2, 0.25) is 0 Å². The maximum absolute atomic E-state index is 12.5. The highest BCUT2D eigenvalue weighted by Gasteiger charge is 2.11. The van der Waals surface area contributed by atoms with Crippen LogP contribution in [0.15, 0.2) is 66.7 Å². The number of rotatable bonds is 3. The topological polar surface area (TPSA) is 57.8 Å². The molecule has 0 saturated heterocycles. The summed E-state index contributed by atoms with van der Waals surface area (Å²) in [5.41, 5.74) is 5.05. The Bertz CT molecular complexity index is 1120. The first kappa shape index (κ1) is 16.4. The minimum Gasteiger partial charge on any atom is -0.338 e. The predicted octanol–water partition coefficient (Wildman–Crippen LogP) is 5.44. The molecule has 1 amide bonds. The van der Waals surface area contributed by atoms with Gasteiger partial charge >= 0.3 is 0 Å². The van der Waals surface area contributed by atoms with Gasteiger partial charge in [0.15, 0.2) is 0 Å². The Morgan fingerprint density at radius 1 is 1.04 bits per heavy atom. The Labute approximate surface area is 155 Å². The van der Waals surface area contributed by atoms with Crippen LogP contribution in [0.4, 0.5) is 5.69 Å². The lowest BCUT2D eigenvalue weighted by atomic mass is 10.1. The number of nitrogens with zero attached hydrogens (tertiary/aromatic N) is 1. The van der Waals surface area contributed by atoms with Gasteiger partial charge in [-0.15, -0.1) is 0 Å². The lowest BCUT2D eigenvalue weighted by Crippen LogP contribution is -2.11. The summed E-state index contributed by atoms with van der Waals surface area (Å²) in [6.07, 6.45) is 0. The third-order valence-corrected chi connectivity index (χ3v) is 4.46. The fourth-order valence-electron chi connectivity index (χ4n) is 2.89. The molecule has 0 atom stereocenters. The van der Waals surface area contributed by atoms with Crippen LogP contribution in [0.25, 0.3) is 22.4 Å². The smallest absolute Gasteiger partial charge is 0.255 e. The fraction of sp³-hybridized carbons (Fsp3) is 0.0476. The van der Waals surface area contributed by atoms with E-state index in [9.17, 15) is 4.79 Å². The van der Waals surface area contributed by atoms with Gasteiger partial charge < -0.3 is 10.3 Å². The molecule has 0 aliphatic heterocycles. The molecule has 0 aliphatic carbocycles. The number of hydrogen-bond acceptors (Lipinski definition) is 2.